The molecule has 1 fully saturated rings. The van der Waals surface area contributed by atoms with Crippen LogP contribution in [-0.2, 0) is 4.79 Å². The molecule has 2 heterocycles. The maximum Gasteiger partial charge on any atom is 0.229 e. The smallest absolute Gasteiger partial charge is 0.229 e. The van der Waals surface area contributed by atoms with Crippen LogP contribution >= 0.6 is 11.6 Å². The highest BCUT2D eigenvalue weighted by molar-refractivity contribution is 6.29. The van der Waals surface area contributed by atoms with Crippen molar-refractivity contribution in [2.24, 2.45) is 5.92 Å². The van der Waals surface area contributed by atoms with Crippen molar-refractivity contribution in [1.82, 2.24) is 10.2 Å². The highest BCUT2D eigenvalue weighted by Crippen LogP contribution is 2.26. The Bertz CT molecular complexity index is 693. The van der Waals surface area contributed by atoms with Crippen LogP contribution in [0.3, 0.4) is 0 Å². The van der Waals surface area contributed by atoms with Crippen LogP contribution in [0.2, 0.25) is 5.15 Å². The Balaban J connectivity index is 1.67. The third-order valence-electron chi connectivity index (χ3n) is 3.90. The fourth-order valence-electron chi connectivity index (χ4n) is 2.69. The predicted molar refractivity (Wildman–Crippen MR) is 88.7 cm³/mol. The Morgan fingerprint density at radius 1 is 1.26 bits per heavy atom. The molecule has 2 N–H and O–H groups in total. The molecule has 0 spiro atoms. The van der Waals surface area contributed by atoms with Gasteiger partial charge in [0.05, 0.1) is 11.6 Å². The number of piperidine rings is 1. The molecule has 2 aromatic rings. The lowest BCUT2D eigenvalue weighted by atomic mass is 9.97. The molecule has 0 radical (unpaired) electrons. The molecule has 1 saturated heterocycles. The van der Waals surface area contributed by atoms with Gasteiger partial charge in [0.2, 0.25) is 5.91 Å². The third-order valence-corrected chi connectivity index (χ3v) is 4.10. The lowest BCUT2D eigenvalue weighted by molar-refractivity contribution is -0.120. The van der Waals surface area contributed by atoms with Gasteiger partial charge in [0.15, 0.2) is 11.0 Å². The minimum atomic E-state index is -0.166. The highest BCUT2D eigenvalue weighted by Gasteiger charge is 2.27. The Labute approximate surface area is 139 Å². The number of para-hydroxylation sites is 2. The molecule has 1 aromatic carbocycles. The predicted octanol–water partition coefficient (Wildman–Crippen LogP) is 2.69. The van der Waals surface area contributed by atoms with Gasteiger partial charge in [0.25, 0.3) is 0 Å². The van der Waals surface area contributed by atoms with Crippen molar-refractivity contribution in [1.29, 1.82) is 0 Å². The van der Waals surface area contributed by atoms with E-state index >= 15 is 0 Å². The number of carbonyl (C=O) groups is 1. The fraction of sp³-hybridized carbons (Fsp3) is 0.312. The molecule has 6 nitrogen and oxygen atoms in total. The Morgan fingerprint density at radius 2 is 2.09 bits per heavy atom. The van der Waals surface area contributed by atoms with Gasteiger partial charge in [-0.3, -0.25) is 4.79 Å². The highest BCUT2D eigenvalue weighted by atomic mass is 35.5. The van der Waals surface area contributed by atoms with E-state index in [9.17, 15) is 9.90 Å². The second-order valence-electron chi connectivity index (χ2n) is 5.51. The van der Waals surface area contributed by atoms with Crippen LogP contribution in [0, 0.1) is 5.92 Å². The first kappa shape index (κ1) is 15.6. The summed E-state index contributed by atoms with van der Waals surface area (Å²) >= 11 is 5.75. The molecule has 1 aliphatic heterocycles. The first-order valence-electron chi connectivity index (χ1n) is 7.46. The van der Waals surface area contributed by atoms with E-state index in [2.05, 4.69) is 15.5 Å². The number of hydrogen-bond donors (Lipinski definition) is 2. The van der Waals surface area contributed by atoms with E-state index in [4.69, 9.17) is 11.6 Å². The largest absolute Gasteiger partial charge is 0.506 e. The molecule has 3 rings (SSSR count). The third kappa shape index (κ3) is 3.71. The first-order chi connectivity index (χ1) is 11.1. The van der Waals surface area contributed by atoms with Crippen molar-refractivity contribution in [2.75, 3.05) is 23.3 Å². The zero-order valence-corrected chi connectivity index (χ0v) is 13.2. The number of benzene rings is 1. The van der Waals surface area contributed by atoms with Crippen molar-refractivity contribution < 1.29 is 9.90 Å². The molecule has 23 heavy (non-hydrogen) atoms. The topological polar surface area (TPSA) is 78.4 Å². The van der Waals surface area contributed by atoms with Gasteiger partial charge < -0.3 is 15.3 Å². The van der Waals surface area contributed by atoms with E-state index < -0.39 is 0 Å². The quantitative estimate of drug-likeness (QED) is 0.845. The fourth-order valence-corrected chi connectivity index (χ4v) is 2.79. The molecule has 1 atom stereocenters. The monoisotopic (exact) mass is 332 g/mol. The molecular weight excluding hydrogens is 316 g/mol. The number of rotatable bonds is 3. The Kier molecular flexibility index (Phi) is 4.62. The summed E-state index contributed by atoms with van der Waals surface area (Å²) in [7, 11) is 0. The summed E-state index contributed by atoms with van der Waals surface area (Å²) in [6.07, 6.45) is 1.69. The number of phenolic OH excluding ortho intramolecular Hbond substituents is 1. The number of aromatic hydroxyl groups is 1. The summed E-state index contributed by atoms with van der Waals surface area (Å²) in [6, 6.07) is 10.2. The molecule has 7 heteroatoms. The summed E-state index contributed by atoms with van der Waals surface area (Å²) in [5.74, 6) is 0.519. The molecule has 0 bridgehead atoms. The second-order valence-corrected chi connectivity index (χ2v) is 5.89. The van der Waals surface area contributed by atoms with Gasteiger partial charge in [0, 0.05) is 13.1 Å². The minimum absolute atomic E-state index is 0.0667. The van der Waals surface area contributed by atoms with Crippen LogP contribution in [-0.4, -0.2) is 34.3 Å². The van der Waals surface area contributed by atoms with Crippen LogP contribution in [0.5, 0.6) is 5.75 Å². The maximum atomic E-state index is 12.4. The zero-order valence-electron chi connectivity index (χ0n) is 12.4. The Morgan fingerprint density at radius 3 is 2.83 bits per heavy atom. The number of phenols is 1. The summed E-state index contributed by atoms with van der Waals surface area (Å²) in [5, 5.41) is 20.8. The normalized spacial score (nSPS) is 17.8. The van der Waals surface area contributed by atoms with E-state index in [-0.39, 0.29) is 17.6 Å². The summed E-state index contributed by atoms with van der Waals surface area (Å²) < 4.78 is 0. The van der Waals surface area contributed by atoms with Gasteiger partial charge in [-0.25, -0.2) is 0 Å². The molecule has 120 valence electrons. The van der Waals surface area contributed by atoms with Crippen LogP contribution < -0.4 is 10.2 Å². The number of hydrogen-bond acceptors (Lipinski definition) is 5. The van der Waals surface area contributed by atoms with Crippen molar-refractivity contribution in [3.8, 4) is 5.75 Å². The van der Waals surface area contributed by atoms with Crippen LogP contribution in [0.1, 0.15) is 12.8 Å². The number of anilines is 2. The molecule has 1 amide bonds. The van der Waals surface area contributed by atoms with Crippen LogP contribution in [0.25, 0.3) is 0 Å². The Hall–Kier alpha value is -2.34. The molecular formula is C16H17ClN4O2. The van der Waals surface area contributed by atoms with Gasteiger partial charge in [-0.05, 0) is 37.1 Å². The van der Waals surface area contributed by atoms with Gasteiger partial charge in [-0.1, -0.05) is 23.7 Å². The van der Waals surface area contributed by atoms with Gasteiger partial charge in [-0.15, -0.1) is 10.2 Å². The van der Waals surface area contributed by atoms with Crippen molar-refractivity contribution in [2.45, 2.75) is 12.8 Å². The summed E-state index contributed by atoms with van der Waals surface area (Å²) in [5.41, 5.74) is 0.431. The van der Waals surface area contributed by atoms with Gasteiger partial charge in [0.1, 0.15) is 5.75 Å². The second kappa shape index (κ2) is 6.83. The van der Waals surface area contributed by atoms with Crippen molar-refractivity contribution in [3.63, 3.8) is 0 Å². The number of halogens is 1. The average Bonchev–Trinajstić information content (AvgIpc) is 2.58. The molecule has 1 unspecified atom stereocenters. The van der Waals surface area contributed by atoms with E-state index in [1.807, 2.05) is 4.90 Å². The van der Waals surface area contributed by atoms with Crippen LogP contribution in [0.15, 0.2) is 36.4 Å². The molecule has 1 aliphatic rings. The zero-order chi connectivity index (χ0) is 16.2. The number of nitrogens with one attached hydrogen (secondary N) is 1. The average molecular weight is 333 g/mol. The van der Waals surface area contributed by atoms with Gasteiger partial charge in [-0.2, -0.15) is 0 Å². The summed E-state index contributed by atoms with van der Waals surface area (Å²) in [6.45, 7) is 1.40. The first-order valence-corrected chi connectivity index (χ1v) is 7.84. The number of aromatic nitrogens is 2. The maximum absolute atomic E-state index is 12.4. The SMILES string of the molecule is O=C(Nc1ccccc1O)C1CCCN(c2ccc(Cl)nn2)C1. The van der Waals surface area contributed by atoms with Crippen molar-refractivity contribution in [3.05, 3.63) is 41.6 Å². The molecule has 1 aromatic heterocycles. The number of carbonyl (C=O) groups excluding carboxylic acids is 1. The van der Waals surface area contributed by atoms with E-state index in [1.54, 1.807) is 36.4 Å². The van der Waals surface area contributed by atoms with E-state index in [0.717, 1.165) is 25.2 Å². The minimum Gasteiger partial charge on any atom is -0.506 e. The van der Waals surface area contributed by atoms with Crippen molar-refractivity contribution >= 4 is 29.0 Å². The standard InChI is InChI=1S/C16H17ClN4O2/c17-14-7-8-15(20-19-14)21-9-3-4-11(10-21)16(23)18-12-5-1-2-6-13(12)22/h1-2,5-8,11,22H,3-4,9-10H2,(H,18,23). The van der Waals surface area contributed by atoms with Gasteiger partial charge >= 0.3 is 0 Å². The van der Waals surface area contributed by atoms with Crippen LogP contribution in [0.4, 0.5) is 11.5 Å². The number of nitrogens with zero attached hydrogens (tertiary/aromatic N) is 3. The summed E-state index contributed by atoms with van der Waals surface area (Å²) in [4.78, 5) is 14.5. The lowest BCUT2D eigenvalue weighted by Crippen LogP contribution is -2.41. The number of amides is 1. The lowest BCUT2D eigenvalue weighted by Gasteiger charge is -2.32. The van der Waals surface area contributed by atoms with E-state index in [1.165, 1.54) is 0 Å². The molecule has 0 aliphatic carbocycles. The molecule has 0 saturated carbocycles. The van der Waals surface area contributed by atoms with E-state index in [0.29, 0.717) is 17.4 Å².